The Morgan fingerprint density at radius 1 is 1.04 bits per heavy atom. The van der Waals surface area contributed by atoms with E-state index >= 15 is 0 Å². The Morgan fingerprint density at radius 3 is 2.19 bits per heavy atom. The number of urea groups is 1. The molecule has 0 aliphatic carbocycles. The lowest BCUT2D eigenvalue weighted by Gasteiger charge is -2.39. The lowest BCUT2D eigenvalue weighted by Crippen LogP contribution is -2.64. The van der Waals surface area contributed by atoms with Gasteiger partial charge in [-0.05, 0) is 24.3 Å². The summed E-state index contributed by atoms with van der Waals surface area (Å²) in [5.41, 5.74) is 0.298. The molecule has 1 aromatic rings. The fourth-order valence-corrected chi connectivity index (χ4v) is 2.44. The summed E-state index contributed by atoms with van der Waals surface area (Å²) in [7, 11) is 1.21. The number of amides is 3. The van der Waals surface area contributed by atoms with Gasteiger partial charge in [-0.3, -0.25) is 10.1 Å². The minimum absolute atomic E-state index is 0.0756. The van der Waals surface area contributed by atoms with Gasteiger partial charge in [0.25, 0.3) is 5.91 Å². The molecule has 11 heteroatoms. The van der Waals surface area contributed by atoms with Crippen LogP contribution >= 0.6 is 0 Å². The van der Waals surface area contributed by atoms with Crippen molar-refractivity contribution in [3.8, 4) is 0 Å². The van der Waals surface area contributed by atoms with Crippen molar-refractivity contribution < 1.29 is 44.3 Å². The van der Waals surface area contributed by atoms with Crippen LogP contribution < -0.4 is 10.6 Å². The summed E-state index contributed by atoms with van der Waals surface area (Å²) in [6.07, 6.45) is -7.57. The summed E-state index contributed by atoms with van der Waals surface area (Å²) in [4.78, 5) is 35.3. The topological polar surface area (TPSA) is 175 Å². The maximum Gasteiger partial charge on any atom is 0.337 e. The van der Waals surface area contributed by atoms with Crippen molar-refractivity contribution in [2.75, 3.05) is 13.7 Å². The predicted molar refractivity (Wildman–Crippen MR) is 87.5 cm³/mol. The maximum absolute atomic E-state index is 12.0. The molecule has 148 valence electrons. The highest BCUT2D eigenvalue weighted by molar-refractivity contribution is 6.04. The molecule has 27 heavy (non-hydrogen) atoms. The van der Waals surface area contributed by atoms with Gasteiger partial charge in [-0.1, -0.05) is 0 Å². The van der Waals surface area contributed by atoms with E-state index in [4.69, 9.17) is 9.84 Å². The number of ether oxygens (including phenoxy) is 2. The van der Waals surface area contributed by atoms with E-state index in [-0.39, 0.29) is 11.1 Å². The van der Waals surface area contributed by atoms with Gasteiger partial charge in [-0.25, -0.2) is 9.59 Å². The number of esters is 1. The Morgan fingerprint density at radius 2 is 1.63 bits per heavy atom. The summed E-state index contributed by atoms with van der Waals surface area (Å²) in [5.74, 6) is -1.38. The van der Waals surface area contributed by atoms with Crippen molar-refractivity contribution in [1.29, 1.82) is 0 Å². The van der Waals surface area contributed by atoms with Crippen molar-refractivity contribution in [2.24, 2.45) is 0 Å². The minimum Gasteiger partial charge on any atom is -0.465 e. The van der Waals surface area contributed by atoms with E-state index in [2.05, 4.69) is 10.1 Å². The molecule has 0 unspecified atom stereocenters. The van der Waals surface area contributed by atoms with Crippen LogP contribution in [0.3, 0.4) is 0 Å². The third-order valence-electron chi connectivity index (χ3n) is 3.96. The monoisotopic (exact) mass is 384 g/mol. The second kappa shape index (κ2) is 8.88. The van der Waals surface area contributed by atoms with Crippen LogP contribution in [0.25, 0.3) is 0 Å². The van der Waals surface area contributed by atoms with E-state index in [1.54, 1.807) is 0 Å². The Labute approximate surface area is 153 Å². The molecule has 6 N–H and O–H groups in total. The molecule has 5 atom stereocenters. The van der Waals surface area contributed by atoms with Gasteiger partial charge in [-0.15, -0.1) is 0 Å². The minimum atomic E-state index is -1.68. The van der Waals surface area contributed by atoms with Gasteiger partial charge in [0.05, 0.1) is 19.3 Å². The van der Waals surface area contributed by atoms with Crippen molar-refractivity contribution in [2.45, 2.75) is 30.6 Å². The third kappa shape index (κ3) is 4.78. The third-order valence-corrected chi connectivity index (χ3v) is 3.96. The smallest absolute Gasteiger partial charge is 0.337 e. The van der Waals surface area contributed by atoms with Crippen LogP contribution in [-0.2, 0) is 9.47 Å². The predicted octanol–water partition coefficient (Wildman–Crippen LogP) is -2.29. The molecule has 11 nitrogen and oxygen atoms in total. The number of imide groups is 1. The summed E-state index contributed by atoms with van der Waals surface area (Å²) < 4.78 is 9.63. The van der Waals surface area contributed by atoms with Crippen LogP contribution in [0.1, 0.15) is 20.7 Å². The van der Waals surface area contributed by atoms with Crippen molar-refractivity contribution in [3.05, 3.63) is 35.4 Å². The molecule has 0 bridgehead atoms. The number of methoxy groups -OCH3 is 1. The van der Waals surface area contributed by atoms with Gasteiger partial charge in [0.2, 0.25) is 0 Å². The molecule has 0 saturated carbocycles. The maximum atomic E-state index is 12.0. The number of carbonyl (C=O) groups is 3. The van der Waals surface area contributed by atoms with Crippen LogP contribution in [0, 0.1) is 0 Å². The highest BCUT2D eigenvalue weighted by atomic mass is 16.6. The van der Waals surface area contributed by atoms with E-state index < -0.39 is 55.2 Å². The lowest BCUT2D eigenvalue weighted by atomic mass is 9.98. The van der Waals surface area contributed by atoms with Gasteiger partial charge in [0, 0.05) is 5.56 Å². The van der Waals surface area contributed by atoms with E-state index in [1.807, 2.05) is 5.32 Å². The Kier molecular flexibility index (Phi) is 6.82. The number of benzene rings is 1. The molecule has 1 aromatic carbocycles. The number of aliphatic hydroxyl groups excluding tert-OH is 4. The summed E-state index contributed by atoms with van der Waals surface area (Å²) in [6.45, 7) is -0.657. The van der Waals surface area contributed by atoms with E-state index in [0.29, 0.717) is 0 Å². The van der Waals surface area contributed by atoms with Crippen molar-refractivity contribution >= 4 is 17.9 Å². The first kappa shape index (κ1) is 20.7. The molecule has 3 amide bonds. The molecule has 1 aliphatic heterocycles. The van der Waals surface area contributed by atoms with Crippen molar-refractivity contribution in [1.82, 2.24) is 10.6 Å². The molecule has 1 saturated heterocycles. The number of hydrogen-bond donors (Lipinski definition) is 6. The molecule has 0 aromatic heterocycles. The van der Waals surface area contributed by atoms with E-state index in [9.17, 15) is 29.7 Å². The largest absolute Gasteiger partial charge is 0.465 e. The fourth-order valence-electron chi connectivity index (χ4n) is 2.44. The number of aliphatic hydroxyl groups is 4. The standard InChI is InChI=1S/C16H20N2O9/c1-26-15(24)8-4-2-7(3-5-8)13(23)17-16(25)18-14-12(22)11(21)10(20)9(6-19)27-14/h2-5,9-12,14,19-22H,6H2,1H3,(H2,17,18,23,25)/t9-,10-,11+,12-,14-/m1/s1. The summed E-state index contributed by atoms with van der Waals surface area (Å²) in [5, 5.41) is 42.4. The van der Waals surface area contributed by atoms with E-state index in [1.165, 1.54) is 31.4 Å². The van der Waals surface area contributed by atoms with Crippen LogP contribution in [0.5, 0.6) is 0 Å². The van der Waals surface area contributed by atoms with Gasteiger partial charge < -0.3 is 35.2 Å². The molecule has 1 heterocycles. The normalized spacial score (nSPS) is 27.5. The van der Waals surface area contributed by atoms with Gasteiger partial charge in [-0.2, -0.15) is 0 Å². The first-order chi connectivity index (χ1) is 12.8. The zero-order chi connectivity index (χ0) is 20.1. The first-order valence-corrected chi connectivity index (χ1v) is 7.89. The van der Waals surface area contributed by atoms with Crippen molar-refractivity contribution in [3.63, 3.8) is 0 Å². The molecular formula is C16H20N2O9. The Balaban J connectivity index is 1.96. The number of nitrogens with one attached hydrogen (secondary N) is 2. The molecule has 2 rings (SSSR count). The highest BCUT2D eigenvalue weighted by Gasteiger charge is 2.44. The highest BCUT2D eigenvalue weighted by Crippen LogP contribution is 2.19. The molecule has 1 aliphatic rings. The van der Waals surface area contributed by atoms with Crippen LogP contribution in [0.15, 0.2) is 24.3 Å². The lowest BCUT2D eigenvalue weighted by molar-refractivity contribution is -0.233. The average molecular weight is 384 g/mol. The van der Waals surface area contributed by atoms with Crippen LogP contribution in [0.4, 0.5) is 4.79 Å². The van der Waals surface area contributed by atoms with Gasteiger partial charge in [0.1, 0.15) is 24.4 Å². The average Bonchev–Trinajstić information content (AvgIpc) is 2.67. The summed E-state index contributed by atoms with van der Waals surface area (Å²) in [6, 6.07) is 4.26. The number of hydrogen-bond acceptors (Lipinski definition) is 9. The Hall–Kier alpha value is -2.57. The first-order valence-electron chi connectivity index (χ1n) is 7.89. The van der Waals surface area contributed by atoms with Crippen LogP contribution in [-0.4, -0.2) is 82.7 Å². The van der Waals surface area contributed by atoms with Crippen LogP contribution in [0.2, 0.25) is 0 Å². The molecular weight excluding hydrogens is 364 g/mol. The number of carbonyl (C=O) groups excluding carboxylic acids is 3. The molecule has 0 spiro atoms. The second-order valence-electron chi connectivity index (χ2n) is 5.75. The molecule has 0 radical (unpaired) electrons. The summed E-state index contributed by atoms with van der Waals surface area (Å²) >= 11 is 0. The quantitative estimate of drug-likeness (QED) is 0.312. The second-order valence-corrected chi connectivity index (χ2v) is 5.75. The van der Waals surface area contributed by atoms with Gasteiger partial charge in [0.15, 0.2) is 6.23 Å². The fraction of sp³-hybridized carbons (Fsp3) is 0.438. The Bertz CT molecular complexity index is 692. The molecule has 1 fully saturated rings. The zero-order valence-corrected chi connectivity index (χ0v) is 14.2. The number of rotatable bonds is 4. The van der Waals surface area contributed by atoms with E-state index in [0.717, 1.165) is 0 Å². The zero-order valence-electron chi connectivity index (χ0n) is 14.2. The van der Waals surface area contributed by atoms with Gasteiger partial charge >= 0.3 is 12.0 Å². The SMILES string of the molecule is COC(=O)c1ccc(C(=O)NC(=O)N[C@@H]2O[C@H](CO)[C@@H](O)[C@H](O)[C@H]2O)cc1.